The Bertz CT molecular complexity index is 378. The zero-order chi connectivity index (χ0) is 12.6. The van der Waals surface area contributed by atoms with Crippen LogP contribution in [0.5, 0.6) is 0 Å². The fourth-order valence-corrected chi connectivity index (χ4v) is 4.08. The van der Waals surface area contributed by atoms with E-state index < -0.39 is 0 Å². The minimum atomic E-state index is 0.487. The Morgan fingerprint density at radius 3 is 2.59 bits per heavy atom. The lowest BCUT2D eigenvalue weighted by atomic mass is 10.1. The summed E-state index contributed by atoms with van der Waals surface area (Å²) < 4.78 is 0. The molecule has 0 amide bonds. The molecular formula is C15H25NS. The van der Waals surface area contributed by atoms with Gasteiger partial charge in [0.1, 0.15) is 0 Å². The molecule has 0 saturated heterocycles. The highest BCUT2D eigenvalue weighted by atomic mass is 32.1. The second-order valence-electron chi connectivity index (χ2n) is 6.41. The molecule has 17 heavy (non-hydrogen) atoms. The summed E-state index contributed by atoms with van der Waals surface area (Å²) in [5, 5.41) is 3.61. The van der Waals surface area contributed by atoms with Gasteiger partial charge in [0.15, 0.2) is 0 Å². The molecule has 0 radical (unpaired) electrons. The van der Waals surface area contributed by atoms with Crippen molar-refractivity contribution in [2.45, 2.75) is 40.5 Å². The molecule has 1 aliphatic rings. The van der Waals surface area contributed by atoms with Crippen LogP contribution in [0.3, 0.4) is 0 Å². The van der Waals surface area contributed by atoms with E-state index in [-0.39, 0.29) is 0 Å². The van der Waals surface area contributed by atoms with Gasteiger partial charge in [-0.05, 0) is 49.4 Å². The van der Waals surface area contributed by atoms with E-state index in [9.17, 15) is 0 Å². The number of thiophene rings is 1. The summed E-state index contributed by atoms with van der Waals surface area (Å²) in [5.41, 5.74) is 0.487. The normalized spacial score (nSPS) is 26.5. The Hall–Kier alpha value is -0.340. The zero-order valence-electron chi connectivity index (χ0n) is 11.7. The third kappa shape index (κ3) is 2.74. The highest BCUT2D eigenvalue weighted by Gasteiger charge is 2.58. The van der Waals surface area contributed by atoms with Crippen LogP contribution in [0.25, 0.3) is 0 Å². The van der Waals surface area contributed by atoms with Gasteiger partial charge in [-0.3, -0.25) is 0 Å². The molecule has 2 heteroatoms. The number of hydrogen-bond acceptors (Lipinski definition) is 2. The summed E-state index contributed by atoms with van der Waals surface area (Å²) in [4.78, 5) is 3.03. The molecule has 1 N–H and O–H groups in total. The lowest BCUT2D eigenvalue weighted by molar-refractivity contribution is 0.487. The van der Waals surface area contributed by atoms with Gasteiger partial charge in [0.25, 0.3) is 0 Å². The third-order valence-electron chi connectivity index (χ3n) is 4.03. The summed E-state index contributed by atoms with van der Waals surface area (Å²) in [5.74, 6) is 2.35. The molecule has 1 aromatic heterocycles. The van der Waals surface area contributed by atoms with Crippen molar-refractivity contribution in [1.82, 2.24) is 5.32 Å². The Morgan fingerprint density at radius 1 is 1.35 bits per heavy atom. The molecule has 1 aliphatic carbocycles. The third-order valence-corrected chi connectivity index (χ3v) is 5.12. The van der Waals surface area contributed by atoms with E-state index in [0.29, 0.717) is 5.41 Å². The van der Waals surface area contributed by atoms with Gasteiger partial charge < -0.3 is 5.32 Å². The van der Waals surface area contributed by atoms with E-state index in [1.807, 2.05) is 11.3 Å². The second-order valence-corrected chi connectivity index (χ2v) is 7.73. The van der Waals surface area contributed by atoms with E-state index in [0.717, 1.165) is 24.3 Å². The van der Waals surface area contributed by atoms with Crippen LogP contribution in [-0.4, -0.2) is 13.1 Å². The van der Waals surface area contributed by atoms with Gasteiger partial charge in [-0.15, -0.1) is 11.3 Å². The van der Waals surface area contributed by atoms with Crippen molar-refractivity contribution >= 4 is 11.3 Å². The monoisotopic (exact) mass is 251 g/mol. The summed E-state index contributed by atoms with van der Waals surface area (Å²) >= 11 is 1.98. The minimum absolute atomic E-state index is 0.487. The predicted octanol–water partition coefficient (Wildman–Crippen LogP) is 4.04. The molecule has 1 saturated carbocycles. The van der Waals surface area contributed by atoms with Crippen molar-refractivity contribution in [2.75, 3.05) is 13.1 Å². The van der Waals surface area contributed by atoms with Gasteiger partial charge >= 0.3 is 0 Å². The van der Waals surface area contributed by atoms with Gasteiger partial charge in [0.05, 0.1) is 0 Å². The van der Waals surface area contributed by atoms with E-state index >= 15 is 0 Å². The average molecular weight is 251 g/mol. The van der Waals surface area contributed by atoms with Gasteiger partial charge in [-0.25, -0.2) is 0 Å². The number of aryl methyl sites for hydroxylation is 1. The fraction of sp³-hybridized carbons (Fsp3) is 0.733. The van der Waals surface area contributed by atoms with E-state index in [2.05, 4.69) is 52.1 Å². The first-order chi connectivity index (χ1) is 7.93. The van der Waals surface area contributed by atoms with Gasteiger partial charge in [0.2, 0.25) is 0 Å². The molecule has 0 aromatic carbocycles. The van der Waals surface area contributed by atoms with Crippen molar-refractivity contribution in [3.05, 3.63) is 21.9 Å². The van der Waals surface area contributed by atoms with Crippen molar-refractivity contribution in [3.8, 4) is 0 Å². The van der Waals surface area contributed by atoms with Crippen LogP contribution in [0.15, 0.2) is 12.1 Å². The molecule has 0 bridgehead atoms. The van der Waals surface area contributed by atoms with Crippen LogP contribution < -0.4 is 5.32 Å². The Balaban J connectivity index is 1.92. The Morgan fingerprint density at radius 2 is 2.06 bits per heavy atom. The Labute approximate surface area is 110 Å². The zero-order valence-corrected chi connectivity index (χ0v) is 12.5. The molecule has 1 aromatic rings. The van der Waals surface area contributed by atoms with Crippen molar-refractivity contribution in [1.29, 1.82) is 0 Å². The molecule has 2 unspecified atom stereocenters. The lowest BCUT2D eigenvalue weighted by Gasteiger charge is -2.07. The maximum Gasteiger partial charge on any atom is 0.00879 e. The van der Waals surface area contributed by atoms with E-state index in [1.165, 1.54) is 11.4 Å². The fourth-order valence-electron chi connectivity index (χ4n) is 2.84. The molecule has 2 rings (SSSR count). The Kier molecular flexibility index (Phi) is 3.65. The standard InChI is InChI=1S/C15H25NS/c1-10(2)8-16-9-12-14(15(12,4)5)13-7-6-11(3)17-13/h6-7,10,12,14,16H,8-9H2,1-5H3. The molecule has 0 aliphatic heterocycles. The van der Waals surface area contributed by atoms with Crippen LogP contribution in [-0.2, 0) is 0 Å². The maximum atomic E-state index is 3.61. The van der Waals surface area contributed by atoms with Crippen LogP contribution in [0.4, 0.5) is 0 Å². The van der Waals surface area contributed by atoms with Crippen molar-refractivity contribution in [2.24, 2.45) is 17.3 Å². The first-order valence-corrected chi connectivity index (χ1v) is 7.51. The first kappa shape index (κ1) is 13.1. The first-order valence-electron chi connectivity index (χ1n) is 6.70. The SMILES string of the molecule is Cc1ccc(C2C(CNCC(C)C)C2(C)C)s1. The van der Waals surface area contributed by atoms with E-state index in [1.54, 1.807) is 4.88 Å². The summed E-state index contributed by atoms with van der Waals surface area (Å²) in [6.45, 7) is 13.9. The van der Waals surface area contributed by atoms with Crippen LogP contribution in [0, 0.1) is 24.2 Å². The minimum Gasteiger partial charge on any atom is -0.316 e. The number of nitrogens with one attached hydrogen (secondary N) is 1. The van der Waals surface area contributed by atoms with Gasteiger partial charge in [-0.2, -0.15) is 0 Å². The lowest BCUT2D eigenvalue weighted by Crippen LogP contribution is -2.23. The molecule has 0 spiro atoms. The highest BCUT2D eigenvalue weighted by Crippen LogP contribution is 2.65. The van der Waals surface area contributed by atoms with E-state index in [4.69, 9.17) is 0 Å². The predicted molar refractivity (Wildman–Crippen MR) is 76.8 cm³/mol. The van der Waals surface area contributed by atoms with Gasteiger partial charge in [-0.1, -0.05) is 27.7 Å². The average Bonchev–Trinajstić information content (AvgIpc) is 2.56. The molecule has 96 valence electrons. The summed E-state index contributed by atoms with van der Waals surface area (Å²) in [6.07, 6.45) is 0. The maximum absolute atomic E-state index is 3.61. The highest BCUT2D eigenvalue weighted by molar-refractivity contribution is 7.12. The van der Waals surface area contributed by atoms with Crippen LogP contribution in [0.1, 0.15) is 43.4 Å². The van der Waals surface area contributed by atoms with Crippen LogP contribution in [0.2, 0.25) is 0 Å². The smallest absolute Gasteiger partial charge is 0.00879 e. The summed E-state index contributed by atoms with van der Waals surface area (Å²) in [6, 6.07) is 4.59. The van der Waals surface area contributed by atoms with Crippen molar-refractivity contribution < 1.29 is 0 Å². The molecule has 1 heterocycles. The second kappa shape index (κ2) is 4.74. The number of rotatable bonds is 5. The number of hydrogen-bond donors (Lipinski definition) is 1. The molecule has 1 nitrogen and oxygen atoms in total. The van der Waals surface area contributed by atoms with Crippen LogP contribution >= 0.6 is 11.3 Å². The summed E-state index contributed by atoms with van der Waals surface area (Å²) in [7, 11) is 0. The molecular weight excluding hydrogens is 226 g/mol. The largest absolute Gasteiger partial charge is 0.316 e. The molecule has 2 atom stereocenters. The topological polar surface area (TPSA) is 12.0 Å². The molecule has 1 fully saturated rings. The van der Waals surface area contributed by atoms with Crippen molar-refractivity contribution in [3.63, 3.8) is 0 Å². The van der Waals surface area contributed by atoms with Gasteiger partial charge in [0, 0.05) is 15.7 Å². The quantitative estimate of drug-likeness (QED) is 0.833.